The molecular formula is C19H24F3N3O3S. The lowest BCUT2D eigenvalue weighted by Crippen LogP contribution is -2.40. The Morgan fingerprint density at radius 1 is 1.24 bits per heavy atom. The number of hydrogen-bond donors (Lipinski definition) is 1. The van der Waals surface area contributed by atoms with Crippen molar-refractivity contribution in [3.63, 3.8) is 0 Å². The molecule has 29 heavy (non-hydrogen) atoms. The molecule has 2 atom stereocenters. The van der Waals surface area contributed by atoms with Gasteiger partial charge in [0.25, 0.3) is 0 Å². The molecule has 1 aromatic carbocycles. The minimum atomic E-state index is -4.86. The smallest absolute Gasteiger partial charge is 0.376 e. The first-order chi connectivity index (χ1) is 13.5. The first kappa shape index (κ1) is 21.8. The second-order valence-electron chi connectivity index (χ2n) is 7.52. The quantitative estimate of drug-likeness (QED) is 0.763. The Morgan fingerprint density at radius 2 is 1.93 bits per heavy atom. The fourth-order valence-corrected chi connectivity index (χ4v) is 5.05. The molecule has 1 saturated heterocycles. The van der Waals surface area contributed by atoms with Crippen molar-refractivity contribution >= 4 is 10.0 Å². The lowest BCUT2D eigenvalue weighted by atomic mass is 9.96. The molecule has 0 amide bonds. The average Bonchev–Trinajstić information content (AvgIpc) is 3.19. The first-order valence-electron chi connectivity index (χ1n) is 9.39. The second-order valence-corrected chi connectivity index (χ2v) is 9.46. The Labute approximate surface area is 168 Å². The Kier molecular flexibility index (Phi) is 6.07. The third-order valence-electron chi connectivity index (χ3n) is 5.41. The minimum absolute atomic E-state index is 0.0769. The molecule has 1 aliphatic heterocycles. The van der Waals surface area contributed by atoms with E-state index in [9.17, 15) is 26.7 Å². The van der Waals surface area contributed by atoms with Crippen molar-refractivity contribution in [1.82, 2.24) is 14.1 Å². The van der Waals surface area contributed by atoms with Gasteiger partial charge >= 0.3 is 6.18 Å². The van der Waals surface area contributed by atoms with Gasteiger partial charge in [0.1, 0.15) is 0 Å². The van der Waals surface area contributed by atoms with E-state index in [0.717, 1.165) is 43.5 Å². The Bertz CT molecular complexity index is 910. The van der Waals surface area contributed by atoms with Gasteiger partial charge in [0, 0.05) is 32.0 Å². The van der Waals surface area contributed by atoms with Crippen molar-refractivity contribution in [2.24, 2.45) is 5.92 Å². The van der Waals surface area contributed by atoms with Crippen molar-refractivity contribution in [3.05, 3.63) is 48.3 Å². The SMILES string of the molecule is CC(O)(c1ccc(S(=O)(=O)N2CCCC(CCn3cccn3)C2)cc1)C(F)(F)F. The van der Waals surface area contributed by atoms with Crippen LogP contribution in [0, 0.1) is 5.92 Å². The summed E-state index contributed by atoms with van der Waals surface area (Å²) in [5, 5.41) is 13.9. The van der Waals surface area contributed by atoms with E-state index in [0.29, 0.717) is 26.6 Å². The van der Waals surface area contributed by atoms with Gasteiger partial charge in [-0.15, -0.1) is 0 Å². The fraction of sp³-hybridized carbons (Fsp3) is 0.526. The van der Waals surface area contributed by atoms with Crippen LogP contribution in [-0.2, 0) is 22.2 Å². The number of alkyl halides is 3. The highest BCUT2D eigenvalue weighted by molar-refractivity contribution is 7.89. The van der Waals surface area contributed by atoms with Crippen LogP contribution in [0.2, 0.25) is 0 Å². The standard InChI is InChI=1S/C19H24F3N3O3S/c1-18(26,19(20,21)22)16-5-7-17(8-6-16)29(27,28)25-12-2-4-15(14-25)9-13-24-11-3-10-23-24/h3,5-8,10-11,15,26H,2,4,9,12-14H2,1H3. The van der Waals surface area contributed by atoms with E-state index < -0.39 is 27.4 Å². The molecule has 0 bridgehead atoms. The molecule has 0 radical (unpaired) electrons. The van der Waals surface area contributed by atoms with E-state index in [1.165, 1.54) is 4.31 Å². The van der Waals surface area contributed by atoms with Gasteiger partial charge < -0.3 is 5.11 Å². The van der Waals surface area contributed by atoms with E-state index >= 15 is 0 Å². The third kappa shape index (κ3) is 4.65. The summed E-state index contributed by atoms with van der Waals surface area (Å²) in [4.78, 5) is -0.0769. The van der Waals surface area contributed by atoms with Crippen LogP contribution in [0.1, 0.15) is 31.7 Å². The number of piperidine rings is 1. The van der Waals surface area contributed by atoms with Crippen LogP contribution in [0.25, 0.3) is 0 Å². The van der Waals surface area contributed by atoms with Gasteiger partial charge in [0.05, 0.1) is 4.90 Å². The van der Waals surface area contributed by atoms with Crippen LogP contribution < -0.4 is 0 Å². The molecule has 0 spiro atoms. The summed E-state index contributed by atoms with van der Waals surface area (Å²) in [5.74, 6) is 0.188. The normalized spacial score (nSPS) is 21.1. The monoisotopic (exact) mass is 431 g/mol. The van der Waals surface area contributed by atoms with Gasteiger partial charge in [-0.3, -0.25) is 4.68 Å². The van der Waals surface area contributed by atoms with E-state index in [1.54, 1.807) is 10.9 Å². The number of halogens is 3. The zero-order chi connectivity index (χ0) is 21.3. The minimum Gasteiger partial charge on any atom is -0.376 e. The van der Waals surface area contributed by atoms with Crippen LogP contribution in [0.4, 0.5) is 13.2 Å². The highest BCUT2D eigenvalue weighted by Gasteiger charge is 2.51. The maximum Gasteiger partial charge on any atom is 0.421 e. The number of rotatable bonds is 6. The maximum atomic E-state index is 13.0. The third-order valence-corrected chi connectivity index (χ3v) is 7.29. The van der Waals surface area contributed by atoms with Crippen LogP contribution in [-0.4, -0.2) is 46.9 Å². The molecule has 3 rings (SSSR count). The highest BCUT2D eigenvalue weighted by Crippen LogP contribution is 2.38. The largest absolute Gasteiger partial charge is 0.421 e. The molecule has 1 N–H and O–H groups in total. The zero-order valence-electron chi connectivity index (χ0n) is 16.0. The maximum absolute atomic E-state index is 13.0. The van der Waals surface area contributed by atoms with Crippen LogP contribution in [0.15, 0.2) is 47.6 Å². The molecule has 2 aromatic rings. The van der Waals surface area contributed by atoms with Gasteiger partial charge in [-0.05, 0) is 55.9 Å². The lowest BCUT2D eigenvalue weighted by molar-refractivity contribution is -0.258. The average molecular weight is 431 g/mol. The van der Waals surface area contributed by atoms with Crippen LogP contribution >= 0.6 is 0 Å². The molecule has 0 saturated carbocycles. The molecule has 1 aromatic heterocycles. The second kappa shape index (κ2) is 8.08. The number of benzene rings is 1. The van der Waals surface area contributed by atoms with Gasteiger partial charge in [-0.1, -0.05) is 12.1 Å². The number of hydrogen-bond acceptors (Lipinski definition) is 4. The predicted octanol–water partition coefficient (Wildman–Crippen LogP) is 3.14. The molecule has 2 heterocycles. The number of aliphatic hydroxyl groups is 1. The summed E-state index contributed by atoms with van der Waals surface area (Å²) in [6.07, 6.45) is 1.12. The van der Waals surface area contributed by atoms with Crippen molar-refractivity contribution in [3.8, 4) is 0 Å². The van der Waals surface area contributed by atoms with Crippen molar-refractivity contribution in [2.45, 2.75) is 49.4 Å². The highest BCUT2D eigenvalue weighted by atomic mass is 32.2. The number of aromatic nitrogens is 2. The van der Waals surface area contributed by atoms with E-state index in [4.69, 9.17) is 0 Å². The summed E-state index contributed by atoms with van der Waals surface area (Å²) in [7, 11) is -3.82. The molecular weight excluding hydrogens is 407 g/mol. The summed E-state index contributed by atoms with van der Waals surface area (Å²) >= 11 is 0. The van der Waals surface area contributed by atoms with Crippen molar-refractivity contribution < 1.29 is 26.7 Å². The van der Waals surface area contributed by atoms with E-state index in [1.807, 2.05) is 12.3 Å². The summed E-state index contributed by atoms with van der Waals surface area (Å²) < 4.78 is 68.0. The van der Waals surface area contributed by atoms with E-state index in [2.05, 4.69) is 5.10 Å². The molecule has 10 heteroatoms. The Morgan fingerprint density at radius 3 is 2.52 bits per heavy atom. The molecule has 1 fully saturated rings. The summed E-state index contributed by atoms with van der Waals surface area (Å²) in [5.41, 5.74) is -3.45. The number of sulfonamides is 1. The van der Waals surface area contributed by atoms with Crippen molar-refractivity contribution in [2.75, 3.05) is 13.1 Å². The lowest BCUT2D eigenvalue weighted by Gasteiger charge is -2.32. The Hall–Kier alpha value is -1.91. The summed E-state index contributed by atoms with van der Waals surface area (Å²) in [6.45, 7) is 2.09. The first-order valence-corrected chi connectivity index (χ1v) is 10.8. The molecule has 6 nitrogen and oxygen atoms in total. The van der Waals surface area contributed by atoms with Gasteiger partial charge in [-0.25, -0.2) is 8.42 Å². The molecule has 2 unspecified atom stereocenters. The van der Waals surface area contributed by atoms with E-state index in [-0.39, 0.29) is 10.8 Å². The predicted molar refractivity (Wildman–Crippen MR) is 100 cm³/mol. The molecule has 160 valence electrons. The molecule has 0 aliphatic carbocycles. The summed E-state index contributed by atoms with van der Waals surface area (Å²) in [6, 6.07) is 6.10. The molecule has 1 aliphatic rings. The van der Waals surface area contributed by atoms with Crippen LogP contribution in [0.3, 0.4) is 0 Å². The number of nitrogens with zero attached hydrogens (tertiary/aromatic N) is 3. The van der Waals surface area contributed by atoms with Gasteiger partial charge in [0.2, 0.25) is 10.0 Å². The van der Waals surface area contributed by atoms with Crippen molar-refractivity contribution in [1.29, 1.82) is 0 Å². The fourth-order valence-electron chi connectivity index (χ4n) is 3.49. The van der Waals surface area contributed by atoms with Gasteiger partial charge in [0.15, 0.2) is 5.60 Å². The van der Waals surface area contributed by atoms with Crippen LogP contribution in [0.5, 0.6) is 0 Å². The van der Waals surface area contributed by atoms with Gasteiger partial charge in [-0.2, -0.15) is 22.6 Å². The zero-order valence-corrected chi connectivity index (χ0v) is 16.8. The number of aryl methyl sites for hydroxylation is 1. The Balaban J connectivity index is 1.71. The topological polar surface area (TPSA) is 75.4 Å².